The van der Waals surface area contributed by atoms with Crippen LogP contribution in [0.25, 0.3) is 0 Å². The van der Waals surface area contributed by atoms with E-state index in [1.165, 1.54) is 5.56 Å². The number of nitrogens with one attached hydrogen (secondary N) is 2. The van der Waals surface area contributed by atoms with Crippen LogP contribution in [0.4, 0.5) is 8.78 Å². The molecule has 0 heterocycles. The molecule has 0 spiro atoms. The molecule has 1 amide bonds. The number of halogens is 2. The van der Waals surface area contributed by atoms with E-state index >= 15 is 0 Å². The number of aliphatic hydroxyl groups is 1. The minimum atomic E-state index is -0.883. The smallest absolute Gasteiger partial charge is 0.251 e. The molecule has 5 N–H and O–H groups in total. The van der Waals surface area contributed by atoms with Crippen molar-refractivity contribution >= 4 is 11.7 Å². The summed E-state index contributed by atoms with van der Waals surface area (Å²) in [5.74, 6) is -2.33. The third-order valence-corrected chi connectivity index (χ3v) is 6.09. The fourth-order valence-electron chi connectivity index (χ4n) is 4.14. The zero-order valence-corrected chi connectivity index (χ0v) is 18.4. The summed E-state index contributed by atoms with van der Waals surface area (Å²) in [5.41, 5.74) is 9.90. The molecule has 3 aromatic carbocycles. The second-order valence-electron chi connectivity index (χ2n) is 8.62. The molecule has 0 saturated heterocycles. The maximum absolute atomic E-state index is 14.3. The van der Waals surface area contributed by atoms with Crippen molar-refractivity contribution in [1.82, 2.24) is 5.32 Å². The van der Waals surface area contributed by atoms with Crippen LogP contribution in [-0.2, 0) is 13.0 Å². The third kappa shape index (κ3) is 4.36. The van der Waals surface area contributed by atoms with Gasteiger partial charge in [-0.2, -0.15) is 0 Å². The molecule has 1 atom stereocenters. The normalized spacial score (nSPS) is 14.5. The SMILES string of the molecule is CC(C)c1ccc2c(c1)Cc1cc(C(=O)NCc3c(F)cc(C(=N)N)cc3F)ccc1[C@H]2O. The second kappa shape index (κ2) is 8.75. The molecule has 3 aromatic rings. The summed E-state index contributed by atoms with van der Waals surface area (Å²) < 4.78 is 28.5. The average Bonchev–Trinajstić information content (AvgIpc) is 2.77. The van der Waals surface area contributed by atoms with E-state index in [1.807, 2.05) is 12.1 Å². The van der Waals surface area contributed by atoms with Gasteiger partial charge in [0.15, 0.2) is 0 Å². The number of fused-ring (bicyclic) bond motifs is 2. The van der Waals surface area contributed by atoms with Gasteiger partial charge in [0.25, 0.3) is 5.91 Å². The predicted molar refractivity (Wildman–Crippen MR) is 122 cm³/mol. The van der Waals surface area contributed by atoms with Crippen molar-refractivity contribution in [2.24, 2.45) is 5.73 Å². The van der Waals surface area contributed by atoms with E-state index in [0.29, 0.717) is 17.9 Å². The van der Waals surface area contributed by atoms with Crippen LogP contribution in [0.1, 0.15) is 75.2 Å². The van der Waals surface area contributed by atoms with Crippen molar-refractivity contribution in [2.45, 2.75) is 38.8 Å². The van der Waals surface area contributed by atoms with Crippen LogP contribution in [0.15, 0.2) is 48.5 Å². The first-order valence-electron chi connectivity index (χ1n) is 10.7. The topological polar surface area (TPSA) is 99.2 Å². The number of hydrogen-bond acceptors (Lipinski definition) is 3. The Labute approximate surface area is 190 Å². The highest BCUT2D eigenvalue weighted by Gasteiger charge is 2.25. The van der Waals surface area contributed by atoms with Gasteiger partial charge in [0.05, 0.1) is 0 Å². The highest BCUT2D eigenvalue weighted by atomic mass is 19.1. The van der Waals surface area contributed by atoms with Crippen molar-refractivity contribution in [3.05, 3.63) is 105 Å². The molecule has 0 radical (unpaired) electrons. The molecule has 0 aromatic heterocycles. The largest absolute Gasteiger partial charge is 0.384 e. The van der Waals surface area contributed by atoms with Crippen molar-refractivity contribution in [1.29, 1.82) is 5.41 Å². The number of carbonyl (C=O) groups excluding carboxylic acids is 1. The molecule has 0 aliphatic heterocycles. The van der Waals surface area contributed by atoms with Gasteiger partial charge in [0.1, 0.15) is 23.6 Å². The molecule has 33 heavy (non-hydrogen) atoms. The van der Waals surface area contributed by atoms with Crippen LogP contribution in [0.3, 0.4) is 0 Å². The van der Waals surface area contributed by atoms with Gasteiger partial charge in [-0.15, -0.1) is 0 Å². The van der Waals surface area contributed by atoms with E-state index in [2.05, 4.69) is 25.2 Å². The van der Waals surface area contributed by atoms with Crippen molar-refractivity contribution in [3.8, 4) is 0 Å². The van der Waals surface area contributed by atoms with Crippen LogP contribution in [0.5, 0.6) is 0 Å². The summed E-state index contributed by atoms with van der Waals surface area (Å²) in [6, 6.07) is 13.0. The first-order chi connectivity index (χ1) is 15.7. The lowest BCUT2D eigenvalue weighted by molar-refractivity contribution is 0.0950. The Kier molecular flexibility index (Phi) is 5.99. The van der Waals surface area contributed by atoms with E-state index in [1.54, 1.807) is 18.2 Å². The predicted octanol–water partition coefficient (Wildman–Crippen LogP) is 4.29. The molecule has 0 unspecified atom stereocenters. The Balaban J connectivity index is 1.54. The first kappa shape index (κ1) is 22.6. The lowest BCUT2D eigenvalue weighted by Gasteiger charge is -2.26. The maximum atomic E-state index is 14.3. The Morgan fingerprint density at radius 1 is 1.06 bits per heavy atom. The number of nitrogen functional groups attached to an aromatic ring is 1. The van der Waals surface area contributed by atoms with Crippen LogP contribution in [0.2, 0.25) is 0 Å². The van der Waals surface area contributed by atoms with E-state index in [-0.39, 0.29) is 17.7 Å². The quantitative estimate of drug-likeness (QED) is 0.345. The molecule has 1 aliphatic carbocycles. The summed E-state index contributed by atoms with van der Waals surface area (Å²) in [6.07, 6.45) is -0.191. The number of hydrogen-bond donors (Lipinski definition) is 4. The zero-order chi connectivity index (χ0) is 23.9. The van der Waals surface area contributed by atoms with Gasteiger partial charge in [-0.25, -0.2) is 8.78 Å². The Hall–Kier alpha value is -3.58. The van der Waals surface area contributed by atoms with Gasteiger partial charge >= 0.3 is 0 Å². The van der Waals surface area contributed by atoms with Crippen LogP contribution < -0.4 is 11.1 Å². The molecular formula is C26H25F2N3O2. The first-order valence-corrected chi connectivity index (χ1v) is 10.7. The highest BCUT2D eigenvalue weighted by Crippen LogP contribution is 2.36. The summed E-state index contributed by atoms with van der Waals surface area (Å²) >= 11 is 0. The van der Waals surface area contributed by atoms with Crippen molar-refractivity contribution in [3.63, 3.8) is 0 Å². The zero-order valence-electron chi connectivity index (χ0n) is 18.4. The van der Waals surface area contributed by atoms with Crippen molar-refractivity contribution < 1.29 is 18.7 Å². The number of amidine groups is 1. The van der Waals surface area contributed by atoms with Gasteiger partial charge < -0.3 is 16.2 Å². The summed E-state index contributed by atoms with van der Waals surface area (Å²) in [4.78, 5) is 12.7. The number of amides is 1. The fourth-order valence-corrected chi connectivity index (χ4v) is 4.14. The van der Waals surface area contributed by atoms with Gasteiger partial charge in [-0.1, -0.05) is 38.1 Å². The van der Waals surface area contributed by atoms with E-state index in [9.17, 15) is 18.7 Å². The minimum absolute atomic E-state index is 0.0609. The summed E-state index contributed by atoms with van der Waals surface area (Å²) in [7, 11) is 0. The molecule has 5 nitrogen and oxygen atoms in total. The highest BCUT2D eigenvalue weighted by molar-refractivity contribution is 5.95. The number of benzene rings is 3. The van der Waals surface area contributed by atoms with Gasteiger partial charge in [-0.05, 0) is 64.4 Å². The number of nitrogens with two attached hydrogens (primary N) is 1. The Bertz CT molecular complexity index is 1250. The number of carbonyl (C=O) groups is 1. The van der Waals surface area contributed by atoms with Gasteiger partial charge in [0, 0.05) is 23.2 Å². The summed E-state index contributed by atoms with van der Waals surface area (Å²) in [5, 5.41) is 20.7. The van der Waals surface area contributed by atoms with Crippen LogP contribution >= 0.6 is 0 Å². The van der Waals surface area contributed by atoms with Crippen molar-refractivity contribution in [2.75, 3.05) is 0 Å². The fraction of sp³-hybridized carbons (Fsp3) is 0.231. The van der Waals surface area contributed by atoms with E-state index in [0.717, 1.165) is 34.4 Å². The summed E-state index contributed by atoms with van der Waals surface area (Å²) in [6.45, 7) is 3.86. The van der Waals surface area contributed by atoms with E-state index < -0.39 is 29.5 Å². The molecular weight excluding hydrogens is 424 g/mol. The lowest BCUT2D eigenvalue weighted by atomic mass is 9.81. The average molecular weight is 450 g/mol. The van der Waals surface area contributed by atoms with Crippen LogP contribution in [-0.4, -0.2) is 16.8 Å². The Morgan fingerprint density at radius 2 is 1.67 bits per heavy atom. The Morgan fingerprint density at radius 3 is 2.27 bits per heavy atom. The third-order valence-electron chi connectivity index (χ3n) is 6.09. The molecule has 0 bridgehead atoms. The maximum Gasteiger partial charge on any atom is 0.251 e. The second-order valence-corrected chi connectivity index (χ2v) is 8.62. The molecule has 7 heteroatoms. The number of aliphatic hydroxyl groups excluding tert-OH is 1. The van der Waals surface area contributed by atoms with Gasteiger partial charge in [-0.3, -0.25) is 10.2 Å². The molecule has 0 saturated carbocycles. The van der Waals surface area contributed by atoms with Crippen LogP contribution in [0, 0.1) is 17.0 Å². The molecule has 0 fully saturated rings. The standard InChI is InChI=1S/C26H25F2N3O2/c1-13(2)14-3-5-19-16(7-14)9-17-8-15(4-6-20(17)24(19)32)26(33)31-12-21-22(27)10-18(25(29)30)11-23(21)28/h3-8,10-11,13,24,32H,9,12H2,1-2H3,(H3,29,30)(H,31,33)/t24-/m0/s1. The number of rotatable bonds is 5. The molecule has 170 valence electrons. The van der Waals surface area contributed by atoms with Gasteiger partial charge in [0.2, 0.25) is 0 Å². The minimum Gasteiger partial charge on any atom is -0.384 e. The van der Waals surface area contributed by atoms with E-state index in [4.69, 9.17) is 11.1 Å². The monoisotopic (exact) mass is 449 g/mol. The molecule has 1 aliphatic rings. The lowest BCUT2D eigenvalue weighted by Crippen LogP contribution is -2.25. The molecule has 4 rings (SSSR count).